The van der Waals surface area contributed by atoms with E-state index in [4.69, 9.17) is 0 Å². The first-order chi connectivity index (χ1) is 3.27. The van der Waals surface area contributed by atoms with Crippen molar-refractivity contribution in [3.63, 3.8) is 0 Å². The minimum absolute atomic E-state index is 1.10. The lowest BCUT2D eigenvalue weighted by Gasteiger charge is -1.84. The summed E-state index contributed by atoms with van der Waals surface area (Å²) in [5, 5.41) is 0. The van der Waals surface area contributed by atoms with Gasteiger partial charge in [-0.1, -0.05) is 12.7 Å². The molecule has 0 aliphatic heterocycles. The highest BCUT2D eigenvalue weighted by Gasteiger charge is 1.83. The second-order valence-corrected chi connectivity index (χ2v) is 1.11. The van der Waals surface area contributed by atoms with Gasteiger partial charge in [0.1, 0.15) is 0 Å². The fourth-order valence-corrected chi connectivity index (χ4v) is 0.179. The number of nitrogens with zero attached hydrogens (tertiary/aromatic N) is 1. The van der Waals surface area contributed by atoms with Crippen LogP contribution in [0.1, 0.15) is 6.92 Å². The van der Waals surface area contributed by atoms with Crippen LogP contribution in [0.2, 0.25) is 0 Å². The number of hydrogen-bond donors (Lipinski definition) is 0. The van der Waals surface area contributed by atoms with Gasteiger partial charge in [0, 0.05) is 6.21 Å². The van der Waals surface area contributed by atoms with Crippen molar-refractivity contribution in [2.75, 3.05) is 0 Å². The molecule has 0 fully saturated rings. The maximum atomic E-state index is 11.6. The molecule has 0 saturated heterocycles. The van der Waals surface area contributed by atoms with E-state index in [-0.39, 0.29) is 0 Å². The van der Waals surface area contributed by atoms with E-state index in [2.05, 4.69) is 11.6 Å². The van der Waals surface area contributed by atoms with Crippen molar-refractivity contribution in [2.45, 2.75) is 13.2 Å². The topological polar surface area (TPSA) is 12.4 Å². The molecule has 0 aromatic carbocycles. The van der Waals surface area contributed by atoms with Gasteiger partial charge in [-0.25, -0.2) is 4.39 Å². The highest BCUT2D eigenvalue weighted by Crippen LogP contribution is 1.85. The quantitative estimate of drug-likeness (QED) is 0.369. The largest absolute Gasteiger partial charge is 0.257 e. The molecule has 0 N–H and O–H groups in total. The zero-order valence-corrected chi connectivity index (χ0v) is 4.26. The van der Waals surface area contributed by atoms with Crippen molar-refractivity contribution < 1.29 is 4.39 Å². The molecule has 1 atom stereocenters. The third kappa shape index (κ3) is 5.34. The number of rotatable bonds is 2. The highest BCUT2D eigenvalue weighted by molar-refractivity contribution is 5.70. The molecule has 0 aliphatic carbocycles. The van der Waals surface area contributed by atoms with Crippen molar-refractivity contribution in [3.05, 3.63) is 12.7 Å². The zero-order valence-electron chi connectivity index (χ0n) is 4.26. The van der Waals surface area contributed by atoms with Crippen LogP contribution in [0.5, 0.6) is 0 Å². The Hall–Kier alpha value is -0.660. The van der Waals surface area contributed by atoms with Gasteiger partial charge in [-0.15, -0.1) is 0 Å². The minimum Gasteiger partial charge on any atom is -0.257 e. The molecule has 0 heterocycles. The van der Waals surface area contributed by atoms with E-state index < -0.39 is 6.30 Å². The van der Waals surface area contributed by atoms with Crippen molar-refractivity contribution in [3.8, 4) is 0 Å². The van der Waals surface area contributed by atoms with E-state index in [0.29, 0.717) is 0 Å². The van der Waals surface area contributed by atoms with Gasteiger partial charge < -0.3 is 0 Å². The number of allylic oxidation sites excluding steroid dienone is 1. The van der Waals surface area contributed by atoms with Crippen LogP contribution in [0, 0.1) is 0 Å². The molecule has 0 aromatic rings. The number of aliphatic imine (C=N–C) groups is 1. The standard InChI is InChI=1S/C5H8FN/c1-3-4-7-5(2)6/h3-5H,1H2,2H3. The summed E-state index contributed by atoms with van der Waals surface area (Å²) in [5.74, 6) is 0. The van der Waals surface area contributed by atoms with Crippen LogP contribution in [-0.2, 0) is 0 Å². The first-order valence-corrected chi connectivity index (χ1v) is 2.05. The summed E-state index contributed by atoms with van der Waals surface area (Å²) >= 11 is 0. The second kappa shape index (κ2) is 3.53. The van der Waals surface area contributed by atoms with E-state index >= 15 is 0 Å². The Kier molecular flexibility index (Phi) is 3.19. The molecule has 1 nitrogen and oxygen atoms in total. The Bertz CT molecular complexity index is 76.1. The number of alkyl halides is 1. The van der Waals surface area contributed by atoms with Crippen molar-refractivity contribution in [1.82, 2.24) is 0 Å². The van der Waals surface area contributed by atoms with Gasteiger partial charge in [-0.05, 0) is 6.92 Å². The van der Waals surface area contributed by atoms with Gasteiger partial charge in [0.2, 0.25) is 0 Å². The molecule has 0 rings (SSSR count). The Labute approximate surface area is 42.6 Å². The second-order valence-electron chi connectivity index (χ2n) is 1.11. The molecular formula is C5H8FN. The highest BCUT2D eigenvalue weighted by atomic mass is 19.1. The van der Waals surface area contributed by atoms with Gasteiger partial charge in [-0.2, -0.15) is 0 Å². The molecule has 0 radical (unpaired) electrons. The predicted molar refractivity (Wildman–Crippen MR) is 29.3 cm³/mol. The lowest BCUT2D eigenvalue weighted by Crippen LogP contribution is -1.83. The van der Waals surface area contributed by atoms with E-state index in [1.54, 1.807) is 0 Å². The van der Waals surface area contributed by atoms with Crippen LogP contribution < -0.4 is 0 Å². The molecule has 1 unspecified atom stereocenters. The molecular weight excluding hydrogens is 93.1 g/mol. The van der Waals surface area contributed by atoms with E-state index in [1.165, 1.54) is 19.2 Å². The molecule has 0 aromatic heterocycles. The van der Waals surface area contributed by atoms with Crippen LogP contribution in [0.4, 0.5) is 4.39 Å². The fraction of sp³-hybridized carbons (Fsp3) is 0.400. The smallest absolute Gasteiger partial charge is 0.187 e. The molecule has 7 heavy (non-hydrogen) atoms. The molecule has 0 aliphatic rings. The Morgan fingerprint density at radius 1 is 1.86 bits per heavy atom. The lowest BCUT2D eigenvalue weighted by molar-refractivity contribution is 0.378. The predicted octanol–water partition coefficient (Wildman–Crippen LogP) is 1.56. The summed E-state index contributed by atoms with van der Waals surface area (Å²) in [6, 6.07) is 0. The summed E-state index contributed by atoms with van der Waals surface area (Å²) in [5.41, 5.74) is 0. The number of halogens is 1. The molecule has 0 spiro atoms. The van der Waals surface area contributed by atoms with Crippen molar-refractivity contribution in [2.24, 2.45) is 4.99 Å². The molecule has 40 valence electrons. The van der Waals surface area contributed by atoms with Crippen LogP contribution in [0.15, 0.2) is 17.6 Å². The minimum atomic E-state index is -1.10. The molecule has 0 bridgehead atoms. The Morgan fingerprint density at radius 3 is 2.57 bits per heavy atom. The summed E-state index contributed by atoms with van der Waals surface area (Å²) in [6.07, 6.45) is 1.68. The van der Waals surface area contributed by atoms with Crippen LogP contribution in [0.25, 0.3) is 0 Å². The normalized spacial score (nSPS) is 14.6. The fourth-order valence-electron chi connectivity index (χ4n) is 0.179. The Morgan fingerprint density at radius 2 is 2.43 bits per heavy atom. The average molecular weight is 101 g/mol. The molecule has 0 saturated carbocycles. The number of hydrogen-bond acceptors (Lipinski definition) is 1. The maximum absolute atomic E-state index is 11.6. The summed E-state index contributed by atoms with van der Waals surface area (Å²) in [7, 11) is 0. The first-order valence-electron chi connectivity index (χ1n) is 2.05. The first kappa shape index (κ1) is 6.34. The van der Waals surface area contributed by atoms with Crippen LogP contribution >= 0.6 is 0 Å². The third-order valence-corrected chi connectivity index (χ3v) is 0.397. The average Bonchev–Trinajstić information content (AvgIpc) is 1.61. The summed E-state index contributed by atoms with van der Waals surface area (Å²) < 4.78 is 11.6. The molecule has 2 heteroatoms. The van der Waals surface area contributed by atoms with Gasteiger partial charge >= 0.3 is 0 Å². The Balaban J connectivity index is 3.25. The van der Waals surface area contributed by atoms with Crippen molar-refractivity contribution in [1.29, 1.82) is 0 Å². The summed E-state index contributed by atoms with van der Waals surface area (Å²) in [6.45, 7) is 4.68. The van der Waals surface area contributed by atoms with E-state index in [1.807, 2.05) is 0 Å². The van der Waals surface area contributed by atoms with E-state index in [9.17, 15) is 4.39 Å². The zero-order chi connectivity index (χ0) is 5.70. The van der Waals surface area contributed by atoms with Crippen LogP contribution in [0.3, 0.4) is 0 Å². The molecule has 0 amide bonds. The van der Waals surface area contributed by atoms with Gasteiger partial charge in [0.15, 0.2) is 6.30 Å². The van der Waals surface area contributed by atoms with Gasteiger partial charge in [-0.3, -0.25) is 4.99 Å². The van der Waals surface area contributed by atoms with E-state index in [0.717, 1.165) is 0 Å². The maximum Gasteiger partial charge on any atom is 0.187 e. The third-order valence-electron chi connectivity index (χ3n) is 0.397. The van der Waals surface area contributed by atoms with Crippen LogP contribution in [-0.4, -0.2) is 12.5 Å². The monoisotopic (exact) mass is 101 g/mol. The van der Waals surface area contributed by atoms with Gasteiger partial charge in [0.25, 0.3) is 0 Å². The summed E-state index contributed by atoms with van der Waals surface area (Å²) in [4.78, 5) is 3.33. The lowest BCUT2D eigenvalue weighted by atomic mass is 10.6. The van der Waals surface area contributed by atoms with Gasteiger partial charge in [0.05, 0.1) is 0 Å². The van der Waals surface area contributed by atoms with Crippen molar-refractivity contribution >= 4 is 6.21 Å². The SMILES string of the molecule is C=CC=NC(C)F.